The number of fused-ring (bicyclic) bond motifs is 1. The normalized spacial score (nSPS) is 15.1. The number of nitrogens with zero attached hydrogens (tertiary/aromatic N) is 4. The van der Waals surface area contributed by atoms with Crippen LogP contribution in [-0.4, -0.2) is 45.8 Å². The van der Waals surface area contributed by atoms with Gasteiger partial charge >= 0.3 is 0 Å². The summed E-state index contributed by atoms with van der Waals surface area (Å²) in [6, 6.07) is 8.60. The molecule has 1 aliphatic carbocycles. The van der Waals surface area contributed by atoms with Crippen molar-refractivity contribution in [2.24, 2.45) is 0 Å². The maximum Gasteiger partial charge on any atom is 0.243 e. The highest BCUT2D eigenvalue weighted by Gasteiger charge is 2.27. The van der Waals surface area contributed by atoms with Crippen molar-refractivity contribution >= 4 is 17.0 Å². The molecule has 1 saturated carbocycles. The predicted molar refractivity (Wildman–Crippen MR) is 76.1 cm³/mol. The maximum atomic E-state index is 4.46. The van der Waals surface area contributed by atoms with Crippen molar-refractivity contribution in [3.8, 4) is 0 Å². The Morgan fingerprint density at radius 2 is 2.00 bits per heavy atom. The molecule has 0 amide bonds. The fourth-order valence-electron chi connectivity index (χ4n) is 2.31. The molecule has 3 rings (SSSR count). The number of hydrogen-bond donors (Lipinski definition) is 1. The number of hydrogen-bond acceptors (Lipinski definition) is 5. The summed E-state index contributed by atoms with van der Waals surface area (Å²) >= 11 is 0. The van der Waals surface area contributed by atoms with Gasteiger partial charge in [-0.1, -0.05) is 19.1 Å². The first-order chi connectivity index (χ1) is 9.36. The molecule has 2 aromatic rings. The number of rotatable bonds is 6. The van der Waals surface area contributed by atoms with Crippen molar-refractivity contribution < 1.29 is 0 Å². The molecule has 5 heteroatoms. The largest absolute Gasteiger partial charge is 0.352 e. The topological polar surface area (TPSA) is 53.9 Å². The van der Waals surface area contributed by atoms with E-state index < -0.39 is 0 Å². The van der Waals surface area contributed by atoms with Gasteiger partial charge in [0.25, 0.3) is 0 Å². The third-order valence-corrected chi connectivity index (χ3v) is 3.51. The molecule has 0 spiro atoms. The molecular formula is C14H19N5. The highest BCUT2D eigenvalue weighted by atomic mass is 15.3. The molecule has 0 radical (unpaired) electrons. The molecule has 1 aromatic heterocycles. The van der Waals surface area contributed by atoms with Crippen LogP contribution in [0.2, 0.25) is 0 Å². The lowest BCUT2D eigenvalue weighted by atomic mass is 10.3. The number of para-hydroxylation sites is 1. The van der Waals surface area contributed by atoms with Gasteiger partial charge in [-0.15, -0.1) is 10.2 Å². The fourth-order valence-corrected chi connectivity index (χ4v) is 2.31. The van der Waals surface area contributed by atoms with E-state index in [0.29, 0.717) is 5.95 Å². The molecule has 1 aliphatic rings. The Kier molecular flexibility index (Phi) is 3.55. The first kappa shape index (κ1) is 12.3. The minimum absolute atomic E-state index is 0.616. The van der Waals surface area contributed by atoms with Gasteiger partial charge in [-0.05, 0) is 31.5 Å². The zero-order chi connectivity index (χ0) is 13.1. The lowest BCUT2D eigenvalue weighted by molar-refractivity contribution is 0.289. The Balaban J connectivity index is 1.58. The first-order valence-corrected chi connectivity index (χ1v) is 6.94. The molecule has 0 aliphatic heterocycles. The average Bonchev–Trinajstić information content (AvgIpc) is 3.28. The van der Waals surface area contributed by atoms with Crippen LogP contribution in [0.25, 0.3) is 11.0 Å². The molecule has 0 atom stereocenters. The van der Waals surface area contributed by atoms with Gasteiger partial charge in [0.1, 0.15) is 5.52 Å². The van der Waals surface area contributed by atoms with Crippen LogP contribution in [0.3, 0.4) is 0 Å². The molecule has 100 valence electrons. The minimum atomic E-state index is 0.616. The van der Waals surface area contributed by atoms with Gasteiger partial charge in [-0.3, -0.25) is 4.90 Å². The van der Waals surface area contributed by atoms with E-state index in [1.807, 2.05) is 24.3 Å². The molecular weight excluding hydrogens is 238 g/mol. The molecule has 0 unspecified atom stereocenters. The van der Waals surface area contributed by atoms with Crippen molar-refractivity contribution in [3.63, 3.8) is 0 Å². The summed E-state index contributed by atoms with van der Waals surface area (Å²) in [5.41, 5.74) is 1.72. The van der Waals surface area contributed by atoms with Gasteiger partial charge in [0.15, 0.2) is 0 Å². The summed E-state index contributed by atoms with van der Waals surface area (Å²) in [5, 5.41) is 11.5. The zero-order valence-electron chi connectivity index (χ0n) is 11.2. The van der Waals surface area contributed by atoms with Gasteiger partial charge in [-0.25, -0.2) is 4.98 Å². The maximum absolute atomic E-state index is 4.46. The van der Waals surface area contributed by atoms with Gasteiger partial charge in [0.2, 0.25) is 5.95 Å². The SMILES string of the molecule is CCN(CCNc1nnc2ccccc2n1)C1CC1. The van der Waals surface area contributed by atoms with Crippen LogP contribution < -0.4 is 5.32 Å². The Labute approximate surface area is 113 Å². The highest BCUT2D eigenvalue weighted by molar-refractivity contribution is 5.73. The first-order valence-electron chi connectivity index (χ1n) is 6.94. The Bertz CT molecular complexity index is 552. The van der Waals surface area contributed by atoms with E-state index in [2.05, 4.69) is 32.3 Å². The second-order valence-electron chi connectivity index (χ2n) is 4.91. The lowest BCUT2D eigenvalue weighted by Gasteiger charge is -2.19. The van der Waals surface area contributed by atoms with Gasteiger partial charge in [0.05, 0.1) is 5.52 Å². The Morgan fingerprint density at radius 1 is 1.21 bits per heavy atom. The Morgan fingerprint density at radius 3 is 2.74 bits per heavy atom. The average molecular weight is 257 g/mol. The number of anilines is 1. The van der Waals surface area contributed by atoms with E-state index in [4.69, 9.17) is 0 Å². The van der Waals surface area contributed by atoms with Gasteiger partial charge < -0.3 is 5.32 Å². The van der Waals surface area contributed by atoms with Crippen LogP contribution in [0.15, 0.2) is 24.3 Å². The van der Waals surface area contributed by atoms with E-state index in [1.54, 1.807) is 0 Å². The van der Waals surface area contributed by atoms with Crippen molar-refractivity contribution in [1.29, 1.82) is 0 Å². The quantitative estimate of drug-likeness (QED) is 0.857. The molecule has 0 saturated heterocycles. The predicted octanol–water partition coefficient (Wildman–Crippen LogP) is 1.92. The van der Waals surface area contributed by atoms with E-state index in [1.165, 1.54) is 12.8 Å². The van der Waals surface area contributed by atoms with Gasteiger partial charge in [0, 0.05) is 19.1 Å². The lowest BCUT2D eigenvalue weighted by Crippen LogP contribution is -2.31. The summed E-state index contributed by atoms with van der Waals surface area (Å²) in [6.45, 7) is 5.23. The fraction of sp³-hybridized carbons (Fsp3) is 0.500. The molecule has 1 N–H and O–H groups in total. The number of benzene rings is 1. The smallest absolute Gasteiger partial charge is 0.243 e. The second-order valence-corrected chi connectivity index (χ2v) is 4.91. The molecule has 5 nitrogen and oxygen atoms in total. The molecule has 1 heterocycles. The summed E-state index contributed by atoms with van der Waals surface area (Å²) in [4.78, 5) is 6.96. The van der Waals surface area contributed by atoms with Gasteiger partial charge in [-0.2, -0.15) is 0 Å². The van der Waals surface area contributed by atoms with Crippen molar-refractivity contribution in [3.05, 3.63) is 24.3 Å². The number of aromatic nitrogens is 3. The minimum Gasteiger partial charge on any atom is -0.352 e. The van der Waals surface area contributed by atoms with Crippen LogP contribution >= 0.6 is 0 Å². The third kappa shape index (κ3) is 2.98. The van der Waals surface area contributed by atoms with E-state index in [0.717, 1.165) is 36.7 Å². The Hall–Kier alpha value is -1.75. The highest BCUT2D eigenvalue weighted by Crippen LogP contribution is 2.25. The van der Waals surface area contributed by atoms with Crippen molar-refractivity contribution in [2.75, 3.05) is 25.0 Å². The van der Waals surface area contributed by atoms with Crippen LogP contribution in [0, 0.1) is 0 Å². The molecule has 1 fully saturated rings. The monoisotopic (exact) mass is 257 g/mol. The summed E-state index contributed by atoms with van der Waals surface area (Å²) < 4.78 is 0. The van der Waals surface area contributed by atoms with Crippen LogP contribution in [-0.2, 0) is 0 Å². The van der Waals surface area contributed by atoms with Crippen molar-refractivity contribution in [2.45, 2.75) is 25.8 Å². The van der Waals surface area contributed by atoms with E-state index >= 15 is 0 Å². The third-order valence-electron chi connectivity index (χ3n) is 3.51. The standard InChI is InChI=1S/C14H19N5/c1-2-19(11-7-8-11)10-9-15-14-16-12-5-3-4-6-13(12)17-18-14/h3-6,11H,2,7-10H2,1H3,(H,15,16,18). The zero-order valence-corrected chi connectivity index (χ0v) is 11.2. The summed E-state index contributed by atoms with van der Waals surface area (Å²) in [5.74, 6) is 0.616. The second kappa shape index (κ2) is 5.48. The van der Waals surface area contributed by atoms with Crippen LogP contribution in [0.1, 0.15) is 19.8 Å². The van der Waals surface area contributed by atoms with E-state index in [-0.39, 0.29) is 0 Å². The van der Waals surface area contributed by atoms with Crippen molar-refractivity contribution in [1.82, 2.24) is 20.1 Å². The van der Waals surface area contributed by atoms with E-state index in [9.17, 15) is 0 Å². The molecule has 0 bridgehead atoms. The number of nitrogens with one attached hydrogen (secondary N) is 1. The van der Waals surface area contributed by atoms with Crippen LogP contribution in [0.5, 0.6) is 0 Å². The van der Waals surface area contributed by atoms with Crippen LogP contribution in [0.4, 0.5) is 5.95 Å². The molecule has 19 heavy (non-hydrogen) atoms. The summed E-state index contributed by atoms with van der Waals surface area (Å²) in [6.07, 6.45) is 2.70. The molecule has 1 aromatic carbocycles. The number of likely N-dealkylation sites (N-methyl/N-ethyl adjacent to an activating group) is 1. The summed E-state index contributed by atoms with van der Waals surface area (Å²) in [7, 11) is 0.